The lowest BCUT2D eigenvalue weighted by molar-refractivity contribution is -0.150. The Balaban J connectivity index is 2.03. The summed E-state index contributed by atoms with van der Waals surface area (Å²) in [5, 5.41) is 16.1. The molecule has 2 rings (SSSR count). The molecule has 0 amide bonds. The normalized spacial score (nSPS) is 12.3. The van der Waals surface area contributed by atoms with Gasteiger partial charge in [0.05, 0.1) is 0 Å². The summed E-state index contributed by atoms with van der Waals surface area (Å²) in [5.41, 5.74) is 0.575. The van der Waals surface area contributed by atoms with Gasteiger partial charge in [0.25, 0.3) is 0 Å². The van der Waals surface area contributed by atoms with Crippen LogP contribution >= 0.6 is 0 Å². The summed E-state index contributed by atoms with van der Waals surface area (Å²) in [6.07, 6.45) is -0.957. The number of carbonyl (C=O) groups is 1. The number of hydrogen-bond acceptors (Lipinski definition) is 5. The molecule has 6 nitrogen and oxygen atoms in total. The van der Waals surface area contributed by atoms with Crippen molar-refractivity contribution in [3.8, 4) is 11.5 Å². The van der Waals surface area contributed by atoms with Crippen LogP contribution in [0.1, 0.15) is 12.8 Å². The highest BCUT2D eigenvalue weighted by atomic mass is 19.1. The van der Waals surface area contributed by atoms with Crippen LogP contribution in [-0.4, -0.2) is 27.4 Å². The fourth-order valence-corrected chi connectivity index (χ4v) is 1.29. The van der Waals surface area contributed by atoms with Crippen LogP contribution in [-0.2, 0) is 16.1 Å². The average molecular weight is 266 g/mol. The summed E-state index contributed by atoms with van der Waals surface area (Å²) in [6, 6.07) is 5.57. The lowest BCUT2D eigenvalue weighted by atomic mass is 10.2. The second-order valence-electron chi connectivity index (χ2n) is 3.80. The Hall–Kier alpha value is -2.28. The van der Waals surface area contributed by atoms with Crippen molar-refractivity contribution in [3.63, 3.8) is 0 Å². The number of carboxylic acid groups (broad SMARTS) is 1. The highest BCUT2D eigenvalue weighted by Crippen LogP contribution is 2.18. The molecule has 0 aliphatic heterocycles. The fraction of sp³-hybridized carbons (Fsp3) is 0.250. The van der Waals surface area contributed by atoms with Crippen LogP contribution < -0.4 is 0 Å². The first-order valence-electron chi connectivity index (χ1n) is 5.49. The quantitative estimate of drug-likeness (QED) is 0.889. The van der Waals surface area contributed by atoms with E-state index in [1.54, 1.807) is 0 Å². The highest BCUT2D eigenvalue weighted by Gasteiger charge is 2.14. The summed E-state index contributed by atoms with van der Waals surface area (Å²) < 4.78 is 23.0. The maximum Gasteiger partial charge on any atom is 0.332 e. The molecule has 19 heavy (non-hydrogen) atoms. The molecular weight excluding hydrogens is 255 g/mol. The van der Waals surface area contributed by atoms with E-state index in [1.807, 2.05) is 0 Å². The van der Waals surface area contributed by atoms with E-state index in [9.17, 15) is 9.18 Å². The Labute approximate surface area is 107 Å². The van der Waals surface area contributed by atoms with Crippen LogP contribution in [0.25, 0.3) is 11.5 Å². The molecular formula is C12H11FN2O4. The molecule has 0 bridgehead atoms. The summed E-state index contributed by atoms with van der Waals surface area (Å²) >= 11 is 0. The zero-order valence-corrected chi connectivity index (χ0v) is 10.0. The molecule has 0 saturated heterocycles. The van der Waals surface area contributed by atoms with Crippen molar-refractivity contribution in [1.82, 2.24) is 10.2 Å². The van der Waals surface area contributed by atoms with Gasteiger partial charge in [-0.1, -0.05) is 0 Å². The molecule has 0 unspecified atom stereocenters. The summed E-state index contributed by atoms with van der Waals surface area (Å²) in [7, 11) is 0. The van der Waals surface area contributed by atoms with Crippen molar-refractivity contribution in [3.05, 3.63) is 36.0 Å². The van der Waals surface area contributed by atoms with E-state index in [-0.39, 0.29) is 24.2 Å². The number of aromatic nitrogens is 2. The van der Waals surface area contributed by atoms with Crippen LogP contribution in [0.3, 0.4) is 0 Å². The molecule has 7 heteroatoms. The predicted molar refractivity (Wildman–Crippen MR) is 61.6 cm³/mol. The van der Waals surface area contributed by atoms with Gasteiger partial charge in [-0.3, -0.25) is 0 Å². The van der Waals surface area contributed by atoms with Gasteiger partial charge in [0, 0.05) is 5.56 Å². The van der Waals surface area contributed by atoms with Crippen molar-refractivity contribution in [1.29, 1.82) is 0 Å². The first-order valence-corrected chi connectivity index (χ1v) is 5.49. The molecule has 0 fully saturated rings. The van der Waals surface area contributed by atoms with Crippen molar-refractivity contribution in [2.75, 3.05) is 0 Å². The minimum Gasteiger partial charge on any atom is -0.479 e. The van der Waals surface area contributed by atoms with Gasteiger partial charge in [-0.25, -0.2) is 9.18 Å². The van der Waals surface area contributed by atoms with Crippen molar-refractivity contribution < 1.29 is 23.4 Å². The number of benzene rings is 1. The van der Waals surface area contributed by atoms with Crippen molar-refractivity contribution in [2.45, 2.75) is 19.6 Å². The van der Waals surface area contributed by atoms with E-state index in [0.717, 1.165) is 0 Å². The molecule has 1 heterocycles. The minimum absolute atomic E-state index is 0.0956. The average Bonchev–Trinajstić information content (AvgIpc) is 2.85. The lowest BCUT2D eigenvalue weighted by Gasteiger charge is -2.04. The summed E-state index contributed by atoms with van der Waals surface area (Å²) in [5.74, 6) is -1.05. The van der Waals surface area contributed by atoms with E-state index in [0.29, 0.717) is 5.56 Å². The van der Waals surface area contributed by atoms with Gasteiger partial charge >= 0.3 is 5.97 Å². The molecule has 0 aliphatic carbocycles. The van der Waals surface area contributed by atoms with Crippen molar-refractivity contribution >= 4 is 5.97 Å². The standard InChI is InChI=1S/C12H11FN2O4/c1-7(12(16)17)18-6-10-14-15-11(19-10)8-2-4-9(13)5-3-8/h2-5,7H,6H2,1H3,(H,16,17)/t7-/m1/s1. The smallest absolute Gasteiger partial charge is 0.332 e. The van der Waals surface area contributed by atoms with Crippen LogP contribution in [0.15, 0.2) is 28.7 Å². The van der Waals surface area contributed by atoms with Crippen LogP contribution in [0, 0.1) is 5.82 Å². The van der Waals surface area contributed by atoms with Crippen LogP contribution in [0.5, 0.6) is 0 Å². The first-order chi connectivity index (χ1) is 9.06. The summed E-state index contributed by atoms with van der Waals surface area (Å²) in [6.45, 7) is 1.31. The number of nitrogens with zero attached hydrogens (tertiary/aromatic N) is 2. The Morgan fingerprint density at radius 3 is 2.74 bits per heavy atom. The Bertz CT molecular complexity index is 567. The second kappa shape index (κ2) is 5.57. The number of aliphatic carboxylic acids is 1. The van der Waals surface area contributed by atoms with E-state index >= 15 is 0 Å². The number of halogens is 1. The molecule has 2 aromatic rings. The Morgan fingerprint density at radius 2 is 2.11 bits per heavy atom. The molecule has 0 aliphatic rings. The van der Waals surface area contributed by atoms with Gasteiger partial charge in [-0.2, -0.15) is 0 Å². The number of hydrogen-bond donors (Lipinski definition) is 1. The molecule has 1 aromatic carbocycles. The molecule has 1 atom stereocenters. The van der Waals surface area contributed by atoms with E-state index in [2.05, 4.69) is 10.2 Å². The molecule has 0 spiro atoms. The van der Waals surface area contributed by atoms with E-state index in [4.69, 9.17) is 14.3 Å². The zero-order chi connectivity index (χ0) is 13.8. The van der Waals surface area contributed by atoms with Gasteiger partial charge in [-0.15, -0.1) is 10.2 Å². The second-order valence-corrected chi connectivity index (χ2v) is 3.80. The number of rotatable bonds is 5. The van der Waals surface area contributed by atoms with Gasteiger partial charge in [0.1, 0.15) is 12.4 Å². The predicted octanol–water partition coefficient (Wildman–Crippen LogP) is 1.87. The van der Waals surface area contributed by atoms with Crippen LogP contribution in [0.4, 0.5) is 4.39 Å². The third kappa shape index (κ3) is 3.35. The van der Waals surface area contributed by atoms with Crippen molar-refractivity contribution in [2.24, 2.45) is 0 Å². The molecule has 100 valence electrons. The van der Waals surface area contributed by atoms with Gasteiger partial charge in [0.15, 0.2) is 6.10 Å². The van der Waals surface area contributed by atoms with Crippen LogP contribution in [0.2, 0.25) is 0 Å². The third-order valence-corrected chi connectivity index (χ3v) is 2.36. The largest absolute Gasteiger partial charge is 0.479 e. The van der Waals surface area contributed by atoms with Gasteiger partial charge < -0.3 is 14.3 Å². The third-order valence-electron chi connectivity index (χ3n) is 2.36. The number of ether oxygens (including phenoxy) is 1. The Kier molecular flexibility index (Phi) is 3.86. The maximum atomic E-state index is 12.8. The maximum absolute atomic E-state index is 12.8. The lowest BCUT2D eigenvalue weighted by Crippen LogP contribution is -2.19. The topological polar surface area (TPSA) is 85.5 Å². The molecule has 1 aromatic heterocycles. The summed E-state index contributed by atoms with van der Waals surface area (Å²) in [4.78, 5) is 10.6. The zero-order valence-electron chi connectivity index (χ0n) is 10.0. The molecule has 0 saturated carbocycles. The van der Waals surface area contributed by atoms with E-state index < -0.39 is 12.1 Å². The Morgan fingerprint density at radius 1 is 1.42 bits per heavy atom. The van der Waals surface area contributed by atoms with Gasteiger partial charge in [-0.05, 0) is 31.2 Å². The van der Waals surface area contributed by atoms with Gasteiger partial charge in [0.2, 0.25) is 11.8 Å². The SMILES string of the molecule is C[C@@H](OCc1nnc(-c2ccc(F)cc2)o1)C(=O)O. The number of carboxylic acids is 1. The monoisotopic (exact) mass is 266 g/mol. The molecule has 1 N–H and O–H groups in total. The van der Waals surface area contributed by atoms with E-state index in [1.165, 1.54) is 31.2 Å². The molecule has 0 radical (unpaired) electrons. The first kappa shape index (κ1) is 13.2. The minimum atomic E-state index is -1.07. The highest BCUT2D eigenvalue weighted by molar-refractivity contribution is 5.71. The fourth-order valence-electron chi connectivity index (χ4n) is 1.29.